The molecule has 0 saturated heterocycles. The monoisotopic (exact) mass is 275 g/mol. The Morgan fingerprint density at radius 3 is 2.53 bits per heavy atom. The Morgan fingerprint density at radius 2 is 2.13 bits per heavy atom. The van der Waals surface area contributed by atoms with Crippen LogP contribution in [0, 0.1) is 5.41 Å². The van der Waals surface area contributed by atoms with E-state index < -0.39 is 5.60 Å². The molecule has 1 saturated carbocycles. The second-order valence-electron chi connectivity index (χ2n) is 5.01. The maximum absolute atomic E-state index is 11.4. The first-order valence-electron chi connectivity index (χ1n) is 5.12. The largest absolute Gasteiger partial charge is 0.444 e. The molecule has 3 nitrogen and oxygen atoms in total. The minimum Gasteiger partial charge on any atom is -0.444 e. The first kappa shape index (κ1) is 12.6. The third-order valence-corrected chi connectivity index (χ3v) is 2.56. The molecule has 15 heavy (non-hydrogen) atoms. The van der Waals surface area contributed by atoms with Crippen LogP contribution in [0.5, 0.6) is 0 Å². The van der Waals surface area contributed by atoms with Crippen LogP contribution in [0.3, 0.4) is 0 Å². The van der Waals surface area contributed by atoms with E-state index in [1.165, 1.54) is 0 Å². The normalized spacial score (nSPS) is 18.9. The summed E-state index contributed by atoms with van der Waals surface area (Å²) in [5.41, 5.74) is -0.257. The van der Waals surface area contributed by atoms with Gasteiger partial charge in [-0.1, -0.05) is 22.0 Å². The van der Waals surface area contributed by atoms with Gasteiger partial charge in [0.25, 0.3) is 0 Å². The minimum absolute atomic E-state index is 0.167. The molecule has 4 heteroatoms. The quantitative estimate of drug-likeness (QED) is 0.859. The van der Waals surface area contributed by atoms with Crippen molar-refractivity contribution in [1.82, 2.24) is 5.32 Å². The zero-order chi connectivity index (χ0) is 11.5. The number of halogens is 1. The Balaban J connectivity index is 2.29. The Kier molecular flexibility index (Phi) is 3.82. The molecule has 0 aliphatic heterocycles. The summed E-state index contributed by atoms with van der Waals surface area (Å²) >= 11 is 3.26. The molecule has 1 aliphatic rings. The zero-order valence-electron chi connectivity index (χ0n) is 9.47. The highest BCUT2D eigenvalue weighted by Gasteiger charge is 2.40. The van der Waals surface area contributed by atoms with E-state index in [0.717, 1.165) is 12.8 Å². The van der Waals surface area contributed by atoms with Crippen LogP contribution in [0.1, 0.15) is 33.6 Å². The van der Waals surface area contributed by atoms with Crippen molar-refractivity contribution in [2.75, 3.05) is 6.54 Å². The molecule has 0 aromatic rings. The SMILES string of the molecule is CC(C)(C)OC(=O)NCC1(/C=C/Br)CC1. The number of carbonyl (C=O) groups is 1. The van der Waals surface area contributed by atoms with Gasteiger partial charge in [-0.05, 0) is 38.6 Å². The van der Waals surface area contributed by atoms with Crippen molar-refractivity contribution in [3.8, 4) is 0 Å². The van der Waals surface area contributed by atoms with Crippen molar-refractivity contribution in [2.45, 2.75) is 39.2 Å². The third-order valence-electron chi connectivity index (χ3n) is 2.29. The third kappa shape index (κ3) is 4.69. The predicted molar refractivity (Wildman–Crippen MR) is 64.0 cm³/mol. The number of hydrogen-bond donors (Lipinski definition) is 1. The first-order valence-corrected chi connectivity index (χ1v) is 6.03. The van der Waals surface area contributed by atoms with E-state index in [0.29, 0.717) is 6.54 Å². The Morgan fingerprint density at radius 1 is 1.53 bits per heavy atom. The standard InChI is InChI=1S/C11H18BrNO2/c1-10(2,3)15-9(14)13-8-11(4-5-11)6-7-12/h6-7H,4-5,8H2,1-3H3,(H,13,14)/b7-6+. The van der Waals surface area contributed by atoms with Crippen LogP contribution in [-0.4, -0.2) is 18.2 Å². The van der Waals surface area contributed by atoms with Crippen molar-refractivity contribution in [1.29, 1.82) is 0 Å². The van der Waals surface area contributed by atoms with Crippen molar-refractivity contribution in [3.05, 3.63) is 11.1 Å². The van der Waals surface area contributed by atoms with Gasteiger partial charge in [-0.2, -0.15) is 0 Å². The Labute approximate surface area is 99.4 Å². The fourth-order valence-electron chi connectivity index (χ4n) is 1.26. The predicted octanol–water partition coefficient (Wildman–Crippen LogP) is 3.20. The van der Waals surface area contributed by atoms with E-state index in [1.54, 1.807) is 0 Å². The van der Waals surface area contributed by atoms with Gasteiger partial charge in [0.05, 0.1) is 0 Å². The van der Waals surface area contributed by atoms with Gasteiger partial charge >= 0.3 is 6.09 Å². The van der Waals surface area contributed by atoms with E-state index in [2.05, 4.69) is 27.3 Å². The molecule has 86 valence electrons. The molecule has 0 atom stereocenters. The average molecular weight is 276 g/mol. The molecule has 0 radical (unpaired) electrons. The summed E-state index contributed by atoms with van der Waals surface area (Å²) in [4.78, 5) is 13.2. The van der Waals surface area contributed by atoms with Crippen LogP contribution >= 0.6 is 15.9 Å². The molecule has 1 fully saturated rings. The lowest BCUT2D eigenvalue weighted by Crippen LogP contribution is -2.35. The Hall–Kier alpha value is -0.510. The van der Waals surface area contributed by atoms with Gasteiger partial charge in [0.1, 0.15) is 5.60 Å². The smallest absolute Gasteiger partial charge is 0.407 e. The highest BCUT2D eigenvalue weighted by molar-refractivity contribution is 9.11. The van der Waals surface area contributed by atoms with E-state index in [4.69, 9.17) is 4.74 Å². The van der Waals surface area contributed by atoms with E-state index in [1.807, 2.05) is 25.8 Å². The Bertz CT molecular complexity index is 264. The summed E-state index contributed by atoms with van der Waals surface area (Å²) in [6.07, 6.45) is 4.01. The highest BCUT2D eigenvalue weighted by atomic mass is 79.9. The van der Waals surface area contributed by atoms with Crippen molar-refractivity contribution in [3.63, 3.8) is 0 Å². The summed E-state index contributed by atoms with van der Waals surface area (Å²) in [5, 5.41) is 2.79. The van der Waals surface area contributed by atoms with Gasteiger partial charge < -0.3 is 10.1 Å². The topological polar surface area (TPSA) is 38.3 Å². The van der Waals surface area contributed by atoms with Crippen LogP contribution in [0.15, 0.2) is 11.1 Å². The van der Waals surface area contributed by atoms with Crippen LogP contribution in [-0.2, 0) is 4.74 Å². The van der Waals surface area contributed by atoms with Gasteiger partial charge in [0.15, 0.2) is 0 Å². The van der Waals surface area contributed by atoms with Crippen LogP contribution in [0.4, 0.5) is 4.79 Å². The highest BCUT2D eigenvalue weighted by Crippen LogP contribution is 2.46. The molecule has 0 heterocycles. The molecule has 0 bridgehead atoms. The molecule has 0 unspecified atom stereocenters. The van der Waals surface area contributed by atoms with E-state index in [9.17, 15) is 4.79 Å². The molecule has 1 amide bonds. The number of hydrogen-bond acceptors (Lipinski definition) is 2. The summed E-state index contributed by atoms with van der Waals surface area (Å²) < 4.78 is 5.15. The van der Waals surface area contributed by atoms with Crippen LogP contribution in [0.2, 0.25) is 0 Å². The van der Waals surface area contributed by atoms with E-state index >= 15 is 0 Å². The number of carbonyl (C=O) groups excluding carboxylic acids is 1. The molecule has 0 aromatic heterocycles. The van der Waals surface area contributed by atoms with Gasteiger partial charge in [-0.3, -0.25) is 0 Å². The zero-order valence-corrected chi connectivity index (χ0v) is 11.1. The maximum Gasteiger partial charge on any atom is 0.407 e. The average Bonchev–Trinajstić information content (AvgIpc) is 2.80. The molecule has 0 aromatic carbocycles. The van der Waals surface area contributed by atoms with Gasteiger partial charge in [0, 0.05) is 12.0 Å². The lowest BCUT2D eigenvalue weighted by Gasteiger charge is -2.20. The summed E-state index contributed by atoms with van der Waals surface area (Å²) in [7, 11) is 0. The van der Waals surface area contributed by atoms with Crippen LogP contribution < -0.4 is 5.32 Å². The molecule has 1 aliphatic carbocycles. The van der Waals surface area contributed by atoms with Crippen molar-refractivity contribution >= 4 is 22.0 Å². The van der Waals surface area contributed by atoms with Gasteiger partial charge in [0.2, 0.25) is 0 Å². The minimum atomic E-state index is -0.425. The maximum atomic E-state index is 11.4. The molecular formula is C11H18BrNO2. The van der Waals surface area contributed by atoms with E-state index in [-0.39, 0.29) is 11.5 Å². The fourth-order valence-corrected chi connectivity index (χ4v) is 1.82. The number of alkyl carbamates (subject to hydrolysis) is 1. The number of rotatable bonds is 3. The summed E-state index contributed by atoms with van der Waals surface area (Å²) in [6, 6.07) is 0. The molecule has 1 rings (SSSR count). The second kappa shape index (κ2) is 4.56. The lowest BCUT2D eigenvalue weighted by atomic mass is 10.1. The second-order valence-corrected chi connectivity index (χ2v) is 5.54. The summed E-state index contributed by atoms with van der Waals surface area (Å²) in [6.45, 7) is 6.23. The van der Waals surface area contributed by atoms with Crippen LogP contribution in [0.25, 0.3) is 0 Å². The van der Waals surface area contributed by atoms with Crippen molar-refractivity contribution in [2.24, 2.45) is 5.41 Å². The lowest BCUT2D eigenvalue weighted by molar-refractivity contribution is 0.0520. The first-order chi connectivity index (χ1) is 6.87. The van der Waals surface area contributed by atoms with Gasteiger partial charge in [-0.15, -0.1) is 0 Å². The summed E-state index contributed by atoms with van der Waals surface area (Å²) in [5.74, 6) is 0. The fraction of sp³-hybridized carbons (Fsp3) is 0.727. The van der Waals surface area contributed by atoms with Gasteiger partial charge in [-0.25, -0.2) is 4.79 Å². The molecule has 1 N–H and O–H groups in total. The number of ether oxygens (including phenoxy) is 1. The number of amides is 1. The molecular weight excluding hydrogens is 258 g/mol. The number of nitrogens with one attached hydrogen (secondary N) is 1. The molecule has 0 spiro atoms. The van der Waals surface area contributed by atoms with Crippen molar-refractivity contribution < 1.29 is 9.53 Å².